The van der Waals surface area contributed by atoms with Gasteiger partial charge < -0.3 is 10.2 Å². The minimum Gasteiger partial charge on any atom is -0.478 e. The molecular formula is C10H9ClO3S. The quantitative estimate of drug-likeness (QED) is 0.797. The maximum Gasteiger partial charge on any atom is 0.337 e. The van der Waals surface area contributed by atoms with Crippen molar-refractivity contribution in [3.05, 3.63) is 28.3 Å². The predicted molar refractivity (Wildman–Crippen MR) is 58.7 cm³/mol. The van der Waals surface area contributed by atoms with Crippen LogP contribution in [0.4, 0.5) is 0 Å². The number of aliphatic hydroxyl groups excluding tert-OH is 1. The number of benzene rings is 1. The lowest BCUT2D eigenvalue weighted by Crippen LogP contribution is -2.08. The van der Waals surface area contributed by atoms with Gasteiger partial charge in [0.05, 0.1) is 16.7 Å². The van der Waals surface area contributed by atoms with Gasteiger partial charge in [-0.05, 0) is 24.1 Å². The van der Waals surface area contributed by atoms with Gasteiger partial charge >= 0.3 is 5.97 Å². The average molecular weight is 245 g/mol. The van der Waals surface area contributed by atoms with Gasteiger partial charge in [0, 0.05) is 10.6 Å². The van der Waals surface area contributed by atoms with Crippen LogP contribution in [-0.4, -0.2) is 21.9 Å². The number of thioether (sulfide) groups is 1. The summed E-state index contributed by atoms with van der Waals surface area (Å²) >= 11 is 7.37. The lowest BCUT2D eigenvalue weighted by atomic mass is 10.0. The van der Waals surface area contributed by atoms with E-state index in [1.165, 1.54) is 6.07 Å². The molecule has 0 saturated heterocycles. The van der Waals surface area contributed by atoms with Crippen LogP contribution in [0, 0.1) is 0 Å². The molecular weight excluding hydrogens is 236 g/mol. The normalized spacial score (nSPS) is 19.7. The molecule has 1 aromatic rings. The molecule has 0 amide bonds. The van der Waals surface area contributed by atoms with E-state index >= 15 is 0 Å². The summed E-state index contributed by atoms with van der Waals surface area (Å²) in [5, 5.41) is 18.8. The number of rotatable bonds is 1. The second-order valence-corrected chi connectivity index (χ2v) is 4.87. The third-order valence-corrected chi connectivity index (χ3v) is 3.75. The molecule has 0 aromatic heterocycles. The molecule has 0 spiro atoms. The summed E-state index contributed by atoms with van der Waals surface area (Å²) in [7, 11) is 0. The smallest absolute Gasteiger partial charge is 0.337 e. The first-order valence-electron chi connectivity index (χ1n) is 4.47. The van der Waals surface area contributed by atoms with Crippen LogP contribution in [0.15, 0.2) is 17.0 Å². The molecule has 1 atom stereocenters. The molecule has 0 aliphatic carbocycles. The topological polar surface area (TPSA) is 57.5 Å². The Morgan fingerprint density at radius 3 is 2.93 bits per heavy atom. The Bertz CT molecular complexity index is 419. The van der Waals surface area contributed by atoms with Gasteiger partial charge in [-0.25, -0.2) is 4.79 Å². The standard InChI is InChI=1S/C10H9ClO3S/c11-7-3-6-8(12)1-2-15-9(6)4-5(7)10(13)14/h3-4,8,12H,1-2H2,(H,13,14)/t8-/m1/s1. The van der Waals surface area contributed by atoms with E-state index in [1.54, 1.807) is 17.8 Å². The molecule has 2 rings (SSSR count). The summed E-state index contributed by atoms with van der Waals surface area (Å²) in [5.41, 5.74) is 0.832. The maximum atomic E-state index is 10.8. The van der Waals surface area contributed by atoms with Crippen molar-refractivity contribution in [1.29, 1.82) is 0 Å². The Morgan fingerprint density at radius 2 is 2.27 bits per heavy atom. The molecule has 15 heavy (non-hydrogen) atoms. The molecule has 0 fully saturated rings. The largest absolute Gasteiger partial charge is 0.478 e. The summed E-state index contributed by atoms with van der Waals surface area (Å²) < 4.78 is 0. The van der Waals surface area contributed by atoms with Crippen molar-refractivity contribution in [1.82, 2.24) is 0 Å². The van der Waals surface area contributed by atoms with Gasteiger partial charge in [-0.2, -0.15) is 0 Å². The second-order valence-electron chi connectivity index (χ2n) is 3.33. The summed E-state index contributed by atoms with van der Waals surface area (Å²) in [6.45, 7) is 0. The van der Waals surface area contributed by atoms with Gasteiger partial charge in [-0.3, -0.25) is 0 Å². The number of aliphatic hydroxyl groups is 1. The number of hydrogen-bond donors (Lipinski definition) is 2. The number of carboxylic acid groups (broad SMARTS) is 1. The van der Waals surface area contributed by atoms with Gasteiger partial charge in [0.15, 0.2) is 0 Å². The van der Waals surface area contributed by atoms with Crippen LogP contribution in [0.25, 0.3) is 0 Å². The van der Waals surface area contributed by atoms with E-state index in [0.29, 0.717) is 6.42 Å². The summed E-state index contributed by atoms with van der Waals surface area (Å²) in [6, 6.07) is 3.09. The van der Waals surface area contributed by atoms with Gasteiger partial charge in [-0.1, -0.05) is 11.6 Å². The summed E-state index contributed by atoms with van der Waals surface area (Å²) in [4.78, 5) is 11.6. The Morgan fingerprint density at radius 1 is 1.53 bits per heavy atom. The Kier molecular flexibility index (Phi) is 2.91. The first-order valence-corrected chi connectivity index (χ1v) is 5.83. The molecule has 2 N–H and O–H groups in total. The molecule has 3 nitrogen and oxygen atoms in total. The van der Waals surface area contributed by atoms with Gasteiger partial charge in [0.1, 0.15) is 0 Å². The molecule has 1 aromatic carbocycles. The fourth-order valence-corrected chi connectivity index (χ4v) is 2.93. The highest BCUT2D eigenvalue weighted by Crippen LogP contribution is 2.38. The highest BCUT2D eigenvalue weighted by atomic mass is 35.5. The van der Waals surface area contributed by atoms with Gasteiger partial charge in [0.25, 0.3) is 0 Å². The predicted octanol–water partition coefficient (Wildman–Crippen LogP) is 2.57. The Labute approximate surface area is 96.1 Å². The van der Waals surface area contributed by atoms with Crippen molar-refractivity contribution < 1.29 is 15.0 Å². The maximum absolute atomic E-state index is 10.8. The van der Waals surface area contributed by atoms with E-state index in [4.69, 9.17) is 16.7 Å². The number of hydrogen-bond acceptors (Lipinski definition) is 3. The minimum absolute atomic E-state index is 0.0945. The van der Waals surface area contributed by atoms with Crippen molar-refractivity contribution in [3.8, 4) is 0 Å². The van der Waals surface area contributed by atoms with Crippen LogP contribution >= 0.6 is 23.4 Å². The first kappa shape index (κ1) is 10.8. The van der Waals surface area contributed by atoms with Gasteiger partial charge in [0.2, 0.25) is 0 Å². The summed E-state index contributed by atoms with van der Waals surface area (Å²) in [6.07, 6.45) is 0.155. The van der Waals surface area contributed by atoms with E-state index < -0.39 is 12.1 Å². The average Bonchev–Trinajstić information content (AvgIpc) is 2.18. The van der Waals surface area contributed by atoms with Crippen molar-refractivity contribution in [3.63, 3.8) is 0 Å². The fraction of sp³-hybridized carbons (Fsp3) is 0.300. The number of fused-ring (bicyclic) bond motifs is 1. The highest BCUT2D eigenvalue weighted by Gasteiger charge is 2.22. The van der Waals surface area contributed by atoms with E-state index in [9.17, 15) is 9.90 Å². The molecule has 80 valence electrons. The molecule has 0 unspecified atom stereocenters. The second kappa shape index (κ2) is 4.04. The van der Waals surface area contributed by atoms with Crippen LogP contribution in [-0.2, 0) is 0 Å². The number of carboxylic acids is 1. The van der Waals surface area contributed by atoms with Crippen LogP contribution in [0.2, 0.25) is 5.02 Å². The highest BCUT2D eigenvalue weighted by molar-refractivity contribution is 7.99. The van der Waals surface area contributed by atoms with E-state index in [1.807, 2.05) is 0 Å². The zero-order valence-corrected chi connectivity index (χ0v) is 9.31. The number of halogens is 1. The molecule has 0 saturated carbocycles. The third kappa shape index (κ3) is 1.97. The van der Waals surface area contributed by atoms with Crippen LogP contribution in [0.3, 0.4) is 0 Å². The summed E-state index contributed by atoms with van der Waals surface area (Å²) in [5.74, 6) is -0.238. The molecule has 0 bridgehead atoms. The Hall–Kier alpha value is -0.710. The SMILES string of the molecule is O=C(O)c1cc2c(cc1Cl)[C@H](O)CCS2. The van der Waals surface area contributed by atoms with Crippen LogP contribution < -0.4 is 0 Å². The molecule has 1 aliphatic rings. The Balaban J connectivity index is 2.54. The van der Waals surface area contributed by atoms with Crippen LogP contribution in [0.5, 0.6) is 0 Å². The lowest BCUT2D eigenvalue weighted by Gasteiger charge is -2.21. The third-order valence-electron chi connectivity index (χ3n) is 2.34. The monoisotopic (exact) mass is 244 g/mol. The molecule has 0 radical (unpaired) electrons. The van der Waals surface area contributed by atoms with E-state index in [-0.39, 0.29) is 10.6 Å². The van der Waals surface area contributed by atoms with Crippen molar-refractivity contribution in [2.75, 3.05) is 5.75 Å². The number of carbonyl (C=O) groups is 1. The lowest BCUT2D eigenvalue weighted by molar-refractivity contribution is 0.0696. The first-order chi connectivity index (χ1) is 7.09. The van der Waals surface area contributed by atoms with Crippen molar-refractivity contribution >= 4 is 29.3 Å². The van der Waals surface area contributed by atoms with Crippen LogP contribution in [0.1, 0.15) is 28.4 Å². The zero-order valence-electron chi connectivity index (χ0n) is 7.74. The van der Waals surface area contributed by atoms with Crippen molar-refractivity contribution in [2.24, 2.45) is 0 Å². The fourth-order valence-electron chi connectivity index (χ4n) is 1.55. The molecule has 5 heteroatoms. The van der Waals surface area contributed by atoms with E-state index in [0.717, 1.165) is 16.2 Å². The van der Waals surface area contributed by atoms with Gasteiger partial charge in [-0.15, -0.1) is 11.8 Å². The van der Waals surface area contributed by atoms with Crippen molar-refractivity contribution in [2.45, 2.75) is 17.4 Å². The zero-order chi connectivity index (χ0) is 11.0. The molecule has 1 aliphatic heterocycles. The minimum atomic E-state index is -1.04. The van der Waals surface area contributed by atoms with E-state index in [2.05, 4.69) is 0 Å². The number of aromatic carboxylic acids is 1. The molecule has 1 heterocycles.